The van der Waals surface area contributed by atoms with Crippen molar-refractivity contribution in [2.24, 2.45) is 0 Å². The molecule has 162 valence electrons. The lowest BCUT2D eigenvalue weighted by Crippen LogP contribution is -2.07. The maximum absolute atomic E-state index is 10.2. The number of anilines is 1. The maximum atomic E-state index is 10.2. The Balaban J connectivity index is 1.83. The standard InChI is InChI=1S/C21H17ClIN7OS/c1-31-8-2-6-25-21-26-7-5-16(29-21)18-14(10-24)17(13-4-3-12(22)9-15(13)23)19(32-18)20-27-11-28-30-20/h3-5,7,9,11H,2,6,8H2,1H3,(H,25,26,29)(H,27,28,30). The van der Waals surface area contributed by atoms with Gasteiger partial charge < -0.3 is 15.0 Å². The molecule has 0 fully saturated rings. The van der Waals surface area contributed by atoms with Crippen LogP contribution < -0.4 is 5.32 Å². The first kappa shape index (κ1) is 22.6. The number of halogens is 2. The van der Waals surface area contributed by atoms with Gasteiger partial charge in [0, 0.05) is 40.6 Å². The van der Waals surface area contributed by atoms with E-state index in [1.165, 1.54) is 17.7 Å². The summed E-state index contributed by atoms with van der Waals surface area (Å²) >= 11 is 9.84. The minimum Gasteiger partial charge on any atom is -0.385 e. The van der Waals surface area contributed by atoms with Crippen molar-refractivity contribution < 1.29 is 4.74 Å². The summed E-state index contributed by atoms with van der Waals surface area (Å²) in [7, 11) is 1.67. The molecule has 0 aliphatic heterocycles. The van der Waals surface area contributed by atoms with E-state index in [0.29, 0.717) is 41.2 Å². The normalized spacial score (nSPS) is 10.8. The number of nitrogens with zero attached hydrogens (tertiary/aromatic N) is 5. The van der Waals surface area contributed by atoms with Gasteiger partial charge in [-0.05, 0) is 52.8 Å². The van der Waals surface area contributed by atoms with Crippen molar-refractivity contribution in [2.45, 2.75) is 6.42 Å². The lowest BCUT2D eigenvalue weighted by Gasteiger charge is -2.07. The van der Waals surface area contributed by atoms with Crippen LogP contribution in [0, 0.1) is 14.9 Å². The van der Waals surface area contributed by atoms with Crippen molar-refractivity contribution in [3.63, 3.8) is 0 Å². The van der Waals surface area contributed by atoms with Crippen molar-refractivity contribution in [1.29, 1.82) is 5.26 Å². The molecule has 0 bridgehead atoms. The van der Waals surface area contributed by atoms with Gasteiger partial charge in [-0.15, -0.1) is 21.5 Å². The summed E-state index contributed by atoms with van der Waals surface area (Å²) in [4.78, 5) is 13.5. The molecular formula is C21H17ClIN7OS. The SMILES string of the molecule is COCCCNc1nccc(-c2sc(-c3nnc[nH]3)c(-c3ccc(Cl)cc3I)c2C#N)n1. The molecular weight excluding hydrogens is 561 g/mol. The average molecular weight is 578 g/mol. The first-order valence-electron chi connectivity index (χ1n) is 9.57. The molecule has 8 nitrogen and oxygen atoms in total. The second-order valence-electron chi connectivity index (χ2n) is 6.62. The highest BCUT2D eigenvalue weighted by Gasteiger charge is 2.25. The topological polar surface area (TPSA) is 112 Å². The van der Waals surface area contributed by atoms with Gasteiger partial charge in [0.15, 0.2) is 5.82 Å². The molecule has 3 aromatic heterocycles. The monoisotopic (exact) mass is 577 g/mol. The van der Waals surface area contributed by atoms with Gasteiger partial charge in [-0.3, -0.25) is 0 Å². The number of hydrogen-bond acceptors (Lipinski definition) is 8. The molecule has 0 saturated carbocycles. The van der Waals surface area contributed by atoms with E-state index < -0.39 is 0 Å². The van der Waals surface area contributed by atoms with Crippen LogP contribution >= 0.6 is 45.5 Å². The zero-order chi connectivity index (χ0) is 22.5. The average Bonchev–Trinajstić information content (AvgIpc) is 3.45. The van der Waals surface area contributed by atoms with Gasteiger partial charge >= 0.3 is 0 Å². The quantitative estimate of drug-likeness (QED) is 0.218. The Hall–Kier alpha value is -2.59. The zero-order valence-electron chi connectivity index (χ0n) is 16.9. The van der Waals surface area contributed by atoms with Crippen molar-refractivity contribution in [1.82, 2.24) is 25.1 Å². The van der Waals surface area contributed by atoms with E-state index >= 15 is 0 Å². The van der Waals surface area contributed by atoms with Crippen molar-refractivity contribution >= 4 is 51.5 Å². The van der Waals surface area contributed by atoms with Crippen LogP contribution in [0.1, 0.15) is 12.0 Å². The van der Waals surface area contributed by atoms with Crippen LogP contribution in [0.25, 0.3) is 32.4 Å². The number of hydrogen-bond donors (Lipinski definition) is 2. The molecule has 0 saturated heterocycles. The highest BCUT2D eigenvalue weighted by molar-refractivity contribution is 14.1. The Morgan fingerprint density at radius 1 is 1.31 bits per heavy atom. The lowest BCUT2D eigenvalue weighted by atomic mass is 9.99. The van der Waals surface area contributed by atoms with Crippen LogP contribution in [-0.2, 0) is 4.74 Å². The van der Waals surface area contributed by atoms with Crippen LogP contribution in [0.5, 0.6) is 0 Å². The van der Waals surface area contributed by atoms with E-state index in [2.05, 4.69) is 59.1 Å². The Morgan fingerprint density at radius 3 is 2.91 bits per heavy atom. The molecule has 1 aromatic carbocycles. The molecule has 3 heterocycles. The summed E-state index contributed by atoms with van der Waals surface area (Å²) in [6.07, 6.45) is 4.03. The number of ether oxygens (including phenoxy) is 1. The summed E-state index contributed by atoms with van der Waals surface area (Å²) in [6.45, 7) is 1.34. The fourth-order valence-corrected chi connectivity index (χ4v) is 5.46. The van der Waals surface area contributed by atoms with Crippen molar-refractivity contribution in [3.8, 4) is 38.5 Å². The molecule has 4 aromatic rings. The minimum absolute atomic E-state index is 0.500. The third-order valence-electron chi connectivity index (χ3n) is 4.55. The molecule has 0 radical (unpaired) electrons. The summed E-state index contributed by atoms with van der Waals surface area (Å²) in [5.41, 5.74) is 2.85. The highest BCUT2D eigenvalue weighted by atomic mass is 127. The van der Waals surface area contributed by atoms with Crippen LogP contribution in [0.4, 0.5) is 5.95 Å². The molecule has 0 amide bonds. The van der Waals surface area contributed by atoms with E-state index in [-0.39, 0.29) is 0 Å². The molecule has 0 unspecified atom stereocenters. The number of thiophene rings is 1. The number of nitriles is 1. The van der Waals surface area contributed by atoms with Gasteiger partial charge in [-0.25, -0.2) is 9.97 Å². The van der Waals surface area contributed by atoms with Gasteiger partial charge in [0.1, 0.15) is 12.4 Å². The number of aromatic amines is 1. The summed E-state index contributed by atoms with van der Waals surface area (Å²) in [5, 5.41) is 22.1. The fourth-order valence-electron chi connectivity index (χ4n) is 3.14. The first-order chi connectivity index (χ1) is 15.6. The predicted molar refractivity (Wildman–Crippen MR) is 134 cm³/mol. The first-order valence-corrected chi connectivity index (χ1v) is 11.8. The number of aromatic nitrogens is 5. The third kappa shape index (κ3) is 4.75. The molecule has 0 aliphatic rings. The van der Waals surface area contributed by atoms with Crippen LogP contribution in [0.3, 0.4) is 0 Å². The highest BCUT2D eigenvalue weighted by Crippen LogP contribution is 2.47. The van der Waals surface area contributed by atoms with Crippen LogP contribution in [-0.4, -0.2) is 45.4 Å². The Bertz CT molecular complexity index is 1270. The lowest BCUT2D eigenvalue weighted by molar-refractivity contribution is 0.197. The number of methoxy groups -OCH3 is 1. The molecule has 2 N–H and O–H groups in total. The number of H-pyrrole nitrogens is 1. The predicted octanol–water partition coefficient (Wildman–Crippen LogP) is 5.24. The Kier molecular flexibility index (Phi) is 7.31. The molecule has 32 heavy (non-hydrogen) atoms. The summed E-state index contributed by atoms with van der Waals surface area (Å²) < 4.78 is 6.01. The van der Waals surface area contributed by atoms with E-state index in [0.717, 1.165) is 30.9 Å². The van der Waals surface area contributed by atoms with Gasteiger partial charge in [-0.2, -0.15) is 5.26 Å². The molecule has 0 spiro atoms. The summed E-state index contributed by atoms with van der Waals surface area (Å²) in [6, 6.07) is 9.78. The second kappa shape index (κ2) is 10.4. The largest absolute Gasteiger partial charge is 0.385 e. The Labute approximate surface area is 207 Å². The molecule has 0 atom stereocenters. The Morgan fingerprint density at radius 2 is 2.19 bits per heavy atom. The molecule has 4 rings (SSSR count). The number of nitrogens with one attached hydrogen (secondary N) is 2. The van der Waals surface area contributed by atoms with E-state index in [4.69, 9.17) is 16.3 Å². The number of benzene rings is 1. The van der Waals surface area contributed by atoms with Gasteiger partial charge in [-0.1, -0.05) is 17.7 Å². The van der Waals surface area contributed by atoms with E-state index in [1.807, 2.05) is 18.2 Å². The van der Waals surface area contributed by atoms with E-state index in [1.54, 1.807) is 19.4 Å². The fraction of sp³-hybridized carbons (Fsp3) is 0.190. The van der Waals surface area contributed by atoms with Crippen molar-refractivity contribution in [2.75, 3.05) is 25.6 Å². The zero-order valence-corrected chi connectivity index (χ0v) is 20.6. The van der Waals surface area contributed by atoms with Gasteiger partial charge in [0.25, 0.3) is 0 Å². The third-order valence-corrected chi connectivity index (χ3v) is 6.90. The van der Waals surface area contributed by atoms with Gasteiger partial charge in [0.05, 0.1) is 21.0 Å². The molecule has 11 heteroatoms. The van der Waals surface area contributed by atoms with Crippen LogP contribution in [0.2, 0.25) is 5.02 Å². The maximum Gasteiger partial charge on any atom is 0.223 e. The van der Waals surface area contributed by atoms with Crippen molar-refractivity contribution in [3.05, 3.63) is 50.9 Å². The van der Waals surface area contributed by atoms with Crippen LogP contribution in [0.15, 0.2) is 36.8 Å². The second-order valence-corrected chi connectivity index (χ2v) is 9.24. The van der Waals surface area contributed by atoms with Gasteiger partial charge in [0.2, 0.25) is 5.95 Å². The summed E-state index contributed by atoms with van der Waals surface area (Å²) in [5.74, 6) is 1.09. The minimum atomic E-state index is 0.500. The van der Waals surface area contributed by atoms with E-state index in [9.17, 15) is 5.26 Å². The number of rotatable bonds is 8. The molecule has 0 aliphatic carbocycles. The smallest absolute Gasteiger partial charge is 0.223 e.